The third-order valence-corrected chi connectivity index (χ3v) is 3.89. The number of ether oxygens (including phenoxy) is 1. The van der Waals surface area contributed by atoms with Gasteiger partial charge >= 0.3 is 0 Å². The highest BCUT2D eigenvalue weighted by Crippen LogP contribution is 2.35. The Labute approximate surface area is 134 Å². The van der Waals surface area contributed by atoms with E-state index in [1.807, 2.05) is 0 Å². The summed E-state index contributed by atoms with van der Waals surface area (Å²) in [7, 11) is 5.40. The number of hydrogen-bond donors (Lipinski definition) is 2. The van der Waals surface area contributed by atoms with Crippen molar-refractivity contribution in [2.75, 3.05) is 6.61 Å². The Morgan fingerprint density at radius 3 is 2.43 bits per heavy atom. The average Bonchev–Trinajstić information content (AvgIpc) is 2.67. The Morgan fingerprint density at radius 1 is 1.39 bits per heavy atom. The van der Waals surface area contributed by atoms with Crippen molar-refractivity contribution in [1.29, 1.82) is 0 Å². The molecule has 23 heavy (non-hydrogen) atoms. The number of hydrogen-bond acceptors (Lipinski definition) is 4. The van der Waals surface area contributed by atoms with Gasteiger partial charge in [0, 0.05) is 6.07 Å². The normalized spacial score (nSPS) is 24.7. The lowest BCUT2D eigenvalue weighted by molar-refractivity contribution is -0.102. The van der Waals surface area contributed by atoms with E-state index in [1.165, 1.54) is 4.90 Å². The molecule has 1 amide bonds. The summed E-state index contributed by atoms with van der Waals surface area (Å²) < 4.78 is 32.4. The van der Waals surface area contributed by atoms with Crippen LogP contribution in [0.2, 0.25) is 0 Å². The number of aliphatic hydroxyl groups excluding tert-OH is 2. The first kappa shape index (κ1) is 17.8. The van der Waals surface area contributed by atoms with E-state index in [0.29, 0.717) is 0 Å². The highest BCUT2D eigenvalue weighted by atomic mass is 19.1. The van der Waals surface area contributed by atoms with Crippen LogP contribution in [-0.4, -0.2) is 59.3 Å². The fourth-order valence-electron chi connectivity index (χ4n) is 3.06. The Hall–Kier alpha value is -1.51. The zero-order valence-corrected chi connectivity index (χ0v) is 12.9. The third-order valence-electron chi connectivity index (χ3n) is 3.89. The molecule has 1 heterocycles. The summed E-state index contributed by atoms with van der Waals surface area (Å²) in [6, 6.07) is 2.24. The summed E-state index contributed by atoms with van der Waals surface area (Å²) in [5.41, 5.74) is -0.835. The minimum absolute atomic E-state index is 0.0166. The molecular weight excluding hydrogens is 307 g/mol. The summed E-state index contributed by atoms with van der Waals surface area (Å²) in [4.78, 5) is 13.0. The molecule has 1 aromatic carbocycles. The number of nitrogens with zero attached hydrogens (tertiary/aromatic N) is 1. The molecule has 8 heteroatoms. The van der Waals surface area contributed by atoms with Crippen molar-refractivity contribution in [1.82, 2.24) is 4.90 Å². The van der Waals surface area contributed by atoms with Crippen LogP contribution in [-0.2, 0) is 11.2 Å². The van der Waals surface area contributed by atoms with E-state index in [9.17, 15) is 23.8 Å². The van der Waals surface area contributed by atoms with E-state index in [-0.39, 0.29) is 12.0 Å². The van der Waals surface area contributed by atoms with Gasteiger partial charge in [0.25, 0.3) is 0 Å². The molecule has 1 aliphatic heterocycles. The third kappa shape index (κ3) is 3.71. The first-order valence-corrected chi connectivity index (χ1v) is 7.16. The van der Waals surface area contributed by atoms with Crippen LogP contribution >= 0.6 is 0 Å². The molecule has 2 rings (SSSR count). The predicted octanol–water partition coefficient (Wildman–Crippen LogP) is 0.955. The summed E-state index contributed by atoms with van der Waals surface area (Å²) in [5, 5.41) is 19.1. The summed E-state index contributed by atoms with van der Waals surface area (Å²) in [6.07, 6.45) is -2.18. The van der Waals surface area contributed by atoms with Gasteiger partial charge in [-0.25, -0.2) is 8.78 Å². The Bertz CT molecular complexity index is 579. The molecule has 0 spiro atoms. The summed E-state index contributed by atoms with van der Waals surface area (Å²) in [5.74, 6) is -2.28. The van der Waals surface area contributed by atoms with Gasteiger partial charge in [-0.3, -0.25) is 4.79 Å². The molecule has 1 saturated heterocycles. The molecule has 1 aromatic rings. The molecule has 2 N–H and O–H groups in total. The topological polar surface area (TPSA) is 70.0 Å². The zero-order chi connectivity index (χ0) is 17.4. The van der Waals surface area contributed by atoms with Crippen LogP contribution in [0.25, 0.3) is 0 Å². The zero-order valence-electron chi connectivity index (χ0n) is 12.9. The smallest absolute Gasteiger partial charge is 0.200 e. The number of halogens is 2. The van der Waals surface area contributed by atoms with Crippen LogP contribution in [0, 0.1) is 11.6 Å². The number of rotatable bonds is 4. The molecule has 1 fully saturated rings. The molecule has 5 nitrogen and oxygen atoms in total. The molecule has 124 valence electrons. The van der Waals surface area contributed by atoms with E-state index < -0.39 is 48.0 Å². The SMILES string of the molecule is [B]C(=O)N1[C@@H](Cc2cc(F)cc(F)c2)[C@H](C(O)CO)OC1(C)C. The first-order valence-electron chi connectivity index (χ1n) is 7.16. The van der Waals surface area contributed by atoms with Gasteiger partial charge in [-0.05, 0) is 38.0 Å². The van der Waals surface area contributed by atoms with Crippen LogP contribution in [0.1, 0.15) is 19.4 Å². The fraction of sp³-hybridized carbons (Fsp3) is 0.533. The first-order chi connectivity index (χ1) is 10.7. The second kappa shape index (κ2) is 6.55. The standard InChI is InChI=1S/C15H18BF2NO4/c1-15(2)19(14(16)22)11(13(23-15)12(21)7-20)5-8-3-9(17)6-10(18)4-8/h3-4,6,11-13,20-21H,5,7H2,1-2H3/t11-,12?,13+/m0/s1. The van der Waals surface area contributed by atoms with Crippen molar-refractivity contribution in [3.05, 3.63) is 35.4 Å². The lowest BCUT2D eigenvalue weighted by Crippen LogP contribution is -2.50. The predicted molar refractivity (Wildman–Crippen MR) is 78.9 cm³/mol. The van der Waals surface area contributed by atoms with Gasteiger partial charge in [0.1, 0.15) is 29.6 Å². The average molecular weight is 325 g/mol. The van der Waals surface area contributed by atoms with Crippen molar-refractivity contribution in [2.45, 2.75) is 44.2 Å². The van der Waals surface area contributed by atoms with E-state index in [2.05, 4.69) is 0 Å². The molecule has 2 radical (unpaired) electrons. The van der Waals surface area contributed by atoms with Crippen LogP contribution < -0.4 is 0 Å². The maximum atomic E-state index is 13.4. The van der Waals surface area contributed by atoms with Gasteiger partial charge in [0.2, 0.25) is 7.85 Å². The largest absolute Gasteiger partial charge is 0.394 e. The van der Waals surface area contributed by atoms with Crippen LogP contribution in [0.5, 0.6) is 0 Å². The maximum Gasteiger partial charge on any atom is 0.200 e. The fourth-order valence-corrected chi connectivity index (χ4v) is 3.06. The van der Waals surface area contributed by atoms with E-state index >= 15 is 0 Å². The van der Waals surface area contributed by atoms with E-state index in [4.69, 9.17) is 12.6 Å². The summed E-state index contributed by atoms with van der Waals surface area (Å²) >= 11 is 0. The van der Waals surface area contributed by atoms with Crippen LogP contribution in [0.3, 0.4) is 0 Å². The lowest BCUT2D eigenvalue weighted by Gasteiger charge is -2.33. The van der Waals surface area contributed by atoms with Crippen LogP contribution in [0.15, 0.2) is 18.2 Å². The molecule has 0 bridgehead atoms. The van der Waals surface area contributed by atoms with Gasteiger partial charge in [0.15, 0.2) is 5.81 Å². The Balaban J connectivity index is 2.37. The van der Waals surface area contributed by atoms with Crippen LogP contribution in [0.4, 0.5) is 13.6 Å². The van der Waals surface area contributed by atoms with Gasteiger partial charge in [-0.15, -0.1) is 0 Å². The molecule has 1 unspecified atom stereocenters. The number of aliphatic hydroxyl groups is 2. The number of carbonyl (C=O) groups excluding carboxylic acids is 1. The lowest BCUT2D eigenvalue weighted by atomic mass is 9.94. The quantitative estimate of drug-likeness (QED) is 0.809. The highest BCUT2D eigenvalue weighted by Gasteiger charge is 2.50. The molecule has 0 saturated carbocycles. The second-order valence-corrected chi connectivity index (χ2v) is 6.04. The van der Waals surface area contributed by atoms with Crippen molar-refractivity contribution >= 4 is 13.7 Å². The van der Waals surface area contributed by atoms with Gasteiger partial charge in [0.05, 0.1) is 12.6 Å². The van der Waals surface area contributed by atoms with E-state index in [0.717, 1.165) is 18.2 Å². The molecule has 1 aliphatic rings. The van der Waals surface area contributed by atoms with Crippen molar-refractivity contribution in [2.24, 2.45) is 0 Å². The van der Waals surface area contributed by atoms with Gasteiger partial charge in [-0.2, -0.15) is 0 Å². The summed E-state index contributed by atoms with van der Waals surface area (Å²) in [6.45, 7) is 2.59. The highest BCUT2D eigenvalue weighted by molar-refractivity contribution is 6.57. The number of carbonyl (C=O) groups is 1. The van der Waals surface area contributed by atoms with Crippen molar-refractivity contribution in [3.8, 4) is 0 Å². The number of benzene rings is 1. The van der Waals surface area contributed by atoms with E-state index in [1.54, 1.807) is 13.8 Å². The van der Waals surface area contributed by atoms with Gasteiger partial charge < -0.3 is 19.8 Å². The Kier molecular flexibility index (Phi) is 5.08. The van der Waals surface area contributed by atoms with Crippen molar-refractivity contribution in [3.63, 3.8) is 0 Å². The Morgan fingerprint density at radius 2 is 1.96 bits per heavy atom. The van der Waals surface area contributed by atoms with Crippen molar-refractivity contribution < 1.29 is 28.5 Å². The second-order valence-electron chi connectivity index (χ2n) is 6.04. The molecular formula is C15H18BF2NO4. The number of amides is 1. The van der Waals surface area contributed by atoms with Gasteiger partial charge in [-0.1, -0.05) is 0 Å². The minimum Gasteiger partial charge on any atom is -0.394 e. The maximum absolute atomic E-state index is 13.4. The molecule has 0 aliphatic carbocycles. The molecule has 3 atom stereocenters. The minimum atomic E-state index is -1.26. The monoisotopic (exact) mass is 325 g/mol. The molecule has 0 aromatic heterocycles.